The average Bonchev–Trinajstić information content (AvgIpc) is 2.76. The molecule has 186 valence electrons. The van der Waals surface area contributed by atoms with E-state index in [0.29, 0.717) is 37.6 Å². The number of nitrogens with one attached hydrogen (secondary N) is 3. The molecule has 2 heterocycles. The second-order valence-electron chi connectivity index (χ2n) is 9.16. The molecule has 0 saturated carbocycles. The molecule has 4 atom stereocenters. The average molecular weight is 494 g/mol. The van der Waals surface area contributed by atoms with E-state index in [0.717, 1.165) is 38.6 Å². The summed E-state index contributed by atoms with van der Waals surface area (Å²) in [5, 5.41) is 9.74. The lowest BCUT2D eigenvalue weighted by Crippen LogP contribution is -2.57. The number of halogens is 2. The topological polar surface area (TPSA) is 118 Å². The van der Waals surface area contributed by atoms with E-state index in [1.54, 1.807) is 0 Å². The molecule has 0 spiro atoms. The maximum absolute atomic E-state index is 13.4. The SMILES string of the molecule is CN(C)CCOC1=C(NC(=O)C(C(N)N)C2CCCCCCCC(Cl)CN2)CNC(Cl)C1. The number of hydrogen-bond donors (Lipinski definition) is 5. The van der Waals surface area contributed by atoms with Gasteiger partial charge in [0.1, 0.15) is 12.4 Å². The van der Waals surface area contributed by atoms with E-state index in [2.05, 4.69) is 16.0 Å². The number of hydrogen-bond acceptors (Lipinski definition) is 7. The highest BCUT2D eigenvalue weighted by molar-refractivity contribution is 6.20. The smallest absolute Gasteiger partial charge is 0.231 e. The van der Waals surface area contributed by atoms with Crippen LogP contribution in [-0.4, -0.2) is 74.2 Å². The quantitative estimate of drug-likeness (QED) is 0.198. The summed E-state index contributed by atoms with van der Waals surface area (Å²) in [5.74, 6) is -0.0691. The molecule has 1 fully saturated rings. The summed E-state index contributed by atoms with van der Waals surface area (Å²) < 4.78 is 5.96. The Morgan fingerprint density at radius 1 is 1.16 bits per heavy atom. The normalized spacial score (nSPS) is 27.2. The minimum Gasteiger partial charge on any atom is -0.495 e. The lowest BCUT2D eigenvalue weighted by Gasteiger charge is -2.32. The van der Waals surface area contributed by atoms with E-state index in [1.165, 1.54) is 12.8 Å². The fraction of sp³-hybridized carbons (Fsp3) is 0.864. The second-order valence-corrected chi connectivity index (χ2v) is 10.3. The molecule has 0 bridgehead atoms. The van der Waals surface area contributed by atoms with Gasteiger partial charge in [0, 0.05) is 37.5 Å². The Balaban J connectivity index is 2.11. The Morgan fingerprint density at radius 3 is 2.53 bits per heavy atom. The molecule has 32 heavy (non-hydrogen) atoms. The number of carbonyl (C=O) groups excluding carboxylic acids is 1. The van der Waals surface area contributed by atoms with Crippen LogP contribution in [0.3, 0.4) is 0 Å². The Kier molecular flexibility index (Phi) is 12.6. The van der Waals surface area contributed by atoms with Crippen LogP contribution in [0.5, 0.6) is 0 Å². The molecule has 0 aromatic carbocycles. The molecular weight excluding hydrogens is 451 g/mol. The van der Waals surface area contributed by atoms with E-state index in [-0.39, 0.29) is 22.8 Å². The molecule has 0 aromatic heterocycles. The van der Waals surface area contributed by atoms with Crippen molar-refractivity contribution in [3.63, 3.8) is 0 Å². The molecule has 0 radical (unpaired) electrons. The Labute approximate surface area is 203 Å². The summed E-state index contributed by atoms with van der Waals surface area (Å²) in [4.78, 5) is 15.4. The van der Waals surface area contributed by atoms with Crippen LogP contribution in [0.25, 0.3) is 0 Å². The third kappa shape index (κ3) is 9.71. The van der Waals surface area contributed by atoms with Crippen LogP contribution >= 0.6 is 23.2 Å². The summed E-state index contributed by atoms with van der Waals surface area (Å²) in [7, 11) is 3.97. The molecule has 0 aliphatic carbocycles. The van der Waals surface area contributed by atoms with Gasteiger partial charge in [0.05, 0.1) is 23.3 Å². The molecule has 7 N–H and O–H groups in total. The van der Waals surface area contributed by atoms with Crippen molar-refractivity contribution in [2.45, 2.75) is 74.5 Å². The van der Waals surface area contributed by atoms with Gasteiger partial charge >= 0.3 is 0 Å². The van der Waals surface area contributed by atoms with Crippen molar-refractivity contribution in [3.05, 3.63) is 11.5 Å². The molecule has 10 heteroatoms. The van der Waals surface area contributed by atoms with Crippen LogP contribution in [-0.2, 0) is 9.53 Å². The van der Waals surface area contributed by atoms with Gasteiger partial charge in [0.2, 0.25) is 5.91 Å². The number of likely N-dealkylation sites (N-methyl/N-ethyl adjacent to an activating group) is 1. The third-order valence-electron chi connectivity index (χ3n) is 6.08. The van der Waals surface area contributed by atoms with Crippen molar-refractivity contribution in [2.24, 2.45) is 17.4 Å². The van der Waals surface area contributed by atoms with E-state index < -0.39 is 12.1 Å². The van der Waals surface area contributed by atoms with Gasteiger partial charge in [0.25, 0.3) is 0 Å². The number of nitrogens with zero attached hydrogens (tertiary/aromatic N) is 1. The zero-order valence-corrected chi connectivity index (χ0v) is 21.1. The van der Waals surface area contributed by atoms with Crippen molar-refractivity contribution in [2.75, 3.05) is 40.3 Å². The van der Waals surface area contributed by atoms with E-state index in [9.17, 15) is 4.79 Å². The number of ether oxygens (including phenoxy) is 1. The fourth-order valence-corrected chi connectivity index (χ4v) is 4.65. The molecule has 1 saturated heterocycles. The van der Waals surface area contributed by atoms with Crippen LogP contribution < -0.4 is 27.4 Å². The van der Waals surface area contributed by atoms with E-state index in [1.807, 2.05) is 19.0 Å². The zero-order valence-electron chi connectivity index (χ0n) is 19.5. The summed E-state index contributed by atoms with van der Waals surface area (Å²) in [6, 6.07) is -0.134. The third-order valence-corrected chi connectivity index (χ3v) is 6.76. The molecule has 2 aliphatic heterocycles. The minimum atomic E-state index is -0.789. The number of amides is 1. The predicted molar refractivity (Wildman–Crippen MR) is 131 cm³/mol. The van der Waals surface area contributed by atoms with Gasteiger partial charge in [-0.1, -0.05) is 32.1 Å². The maximum Gasteiger partial charge on any atom is 0.231 e. The summed E-state index contributed by atoms with van der Waals surface area (Å²) in [6.07, 6.45) is 7.20. The standard InChI is InChI=1S/C22H42Cl2N6O2/c1-30(2)10-11-32-18-12-19(24)28-14-17(18)29-22(31)20(21(25)26)16-9-7-5-3-4-6-8-15(23)13-27-16/h15-16,19-21,27-28H,3-14,25-26H2,1-2H3,(H,29,31). The van der Waals surface area contributed by atoms with Crippen molar-refractivity contribution < 1.29 is 9.53 Å². The highest BCUT2D eigenvalue weighted by atomic mass is 35.5. The largest absolute Gasteiger partial charge is 0.495 e. The first kappa shape index (κ1) is 27.6. The van der Waals surface area contributed by atoms with Gasteiger partial charge in [-0.15, -0.1) is 23.2 Å². The van der Waals surface area contributed by atoms with Gasteiger partial charge in [-0.25, -0.2) is 0 Å². The highest BCUT2D eigenvalue weighted by Crippen LogP contribution is 2.22. The number of rotatable bonds is 8. The summed E-state index contributed by atoms with van der Waals surface area (Å²) >= 11 is 12.8. The number of carbonyl (C=O) groups is 1. The predicted octanol–water partition coefficient (Wildman–Crippen LogP) is 1.62. The summed E-state index contributed by atoms with van der Waals surface area (Å²) in [5.41, 5.74) is 12.7. The first-order chi connectivity index (χ1) is 15.3. The first-order valence-corrected chi connectivity index (χ1v) is 12.7. The van der Waals surface area contributed by atoms with Crippen molar-refractivity contribution >= 4 is 29.1 Å². The Morgan fingerprint density at radius 2 is 1.84 bits per heavy atom. The Hall–Kier alpha value is -0.610. The Bertz CT molecular complexity index is 605. The minimum absolute atomic E-state index is 0.0379. The van der Waals surface area contributed by atoms with Crippen LogP contribution in [0.1, 0.15) is 51.4 Å². The van der Waals surface area contributed by atoms with Crippen molar-refractivity contribution in [1.29, 1.82) is 0 Å². The lowest BCUT2D eigenvalue weighted by atomic mass is 9.91. The molecule has 0 aromatic rings. The van der Waals surface area contributed by atoms with Gasteiger partial charge in [0.15, 0.2) is 0 Å². The molecule has 8 nitrogen and oxygen atoms in total. The molecular formula is C22H42Cl2N6O2. The lowest BCUT2D eigenvalue weighted by molar-refractivity contribution is -0.126. The van der Waals surface area contributed by atoms with Gasteiger partial charge in [-0.3, -0.25) is 10.1 Å². The fourth-order valence-electron chi connectivity index (χ4n) is 4.19. The van der Waals surface area contributed by atoms with Crippen LogP contribution in [0, 0.1) is 5.92 Å². The second kappa shape index (κ2) is 14.6. The van der Waals surface area contributed by atoms with Crippen LogP contribution in [0.2, 0.25) is 0 Å². The summed E-state index contributed by atoms with van der Waals surface area (Å²) in [6.45, 7) is 2.35. The highest BCUT2D eigenvalue weighted by Gasteiger charge is 2.33. The monoisotopic (exact) mass is 492 g/mol. The number of alkyl halides is 2. The van der Waals surface area contributed by atoms with Crippen LogP contribution in [0.4, 0.5) is 0 Å². The number of nitrogens with two attached hydrogens (primary N) is 2. The van der Waals surface area contributed by atoms with Gasteiger partial charge < -0.3 is 31.7 Å². The van der Waals surface area contributed by atoms with E-state index >= 15 is 0 Å². The molecule has 1 amide bonds. The van der Waals surface area contributed by atoms with Gasteiger partial charge in [-0.2, -0.15) is 0 Å². The van der Waals surface area contributed by atoms with Crippen molar-refractivity contribution in [3.8, 4) is 0 Å². The molecule has 2 aliphatic rings. The van der Waals surface area contributed by atoms with Crippen LogP contribution in [0.15, 0.2) is 11.5 Å². The maximum atomic E-state index is 13.4. The van der Waals surface area contributed by atoms with Crippen molar-refractivity contribution in [1.82, 2.24) is 20.9 Å². The molecule has 2 rings (SSSR count). The first-order valence-electron chi connectivity index (χ1n) is 11.8. The molecule has 4 unspecified atom stereocenters. The van der Waals surface area contributed by atoms with E-state index in [4.69, 9.17) is 39.4 Å². The van der Waals surface area contributed by atoms with Gasteiger partial charge in [-0.05, 0) is 26.9 Å². The zero-order chi connectivity index (χ0) is 23.5.